The first-order chi connectivity index (χ1) is 12.3. The van der Waals surface area contributed by atoms with Gasteiger partial charge in [0.2, 0.25) is 0 Å². The molecular weight excluding hydrogens is 328 g/mol. The molecule has 6 atom stereocenters. The quantitative estimate of drug-likeness (QED) is 0.402. The number of rotatable bonds is 8. The summed E-state index contributed by atoms with van der Waals surface area (Å²) < 4.78 is 10.7. The van der Waals surface area contributed by atoms with Crippen LogP contribution in [0.4, 0.5) is 0 Å². The molecule has 2 aliphatic heterocycles. The molecule has 6 unspecified atom stereocenters. The molecule has 2 aliphatic rings. The lowest BCUT2D eigenvalue weighted by Crippen LogP contribution is -2.46. The van der Waals surface area contributed by atoms with E-state index in [1.54, 1.807) is 0 Å². The van der Waals surface area contributed by atoms with Crippen LogP contribution in [0.2, 0.25) is 0 Å². The third-order valence-corrected chi connectivity index (χ3v) is 5.17. The van der Waals surface area contributed by atoms with Crippen LogP contribution in [0.5, 0.6) is 0 Å². The van der Waals surface area contributed by atoms with Crippen LogP contribution in [-0.2, 0) is 14.3 Å². The largest absolute Gasteiger partial charge is 0.453 e. The van der Waals surface area contributed by atoms with E-state index >= 15 is 0 Å². The van der Waals surface area contributed by atoms with Crippen LogP contribution in [0, 0.1) is 11.8 Å². The van der Waals surface area contributed by atoms with Crippen molar-refractivity contribution in [3.8, 4) is 0 Å². The van der Waals surface area contributed by atoms with E-state index in [0.29, 0.717) is 11.8 Å². The normalized spacial score (nSPS) is 34.3. The highest BCUT2D eigenvalue weighted by molar-refractivity contribution is 5.78. The van der Waals surface area contributed by atoms with E-state index in [2.05, 4.69) is 52.0 Å². The number of ether oxygens (including phenoxy) is 2. The molecule has 4 heteroatoms. The smallest absolute Gasteiger partial charge is 0.338 e. The van der Waals surface area contributed by atoms with Crippen molar-refractivity contribution in [1.82, 2.24) is 0 Å². The van der Waals surface area contributed by atoms with Gasteiger partial charge in [-0.2, -0.15) is 0 Å². The highest BCUT2D eigenvalue weighted by Gasteiger charge is 2.67. The maximum absolute atomic E-state index is 11.6. The Morgan fingerprint density at radius 1 is 1.23 bits per heavy atom. The Balaban J connectivity index is 1.81. The zero-order valence-corrected chi connectivity index (χ0v) is 16.5. The number of allylic oxidation sites excluding steroid dienone is 7. The van der Waals surface area contributed by atoms with Crippen LogP contribution in [0.1, 0.15) is 47.5 Å². The third kappa shape index (κ3) is 5.18. The number of aliphatic hydroxyl groups is 1. The van der Waals surface area contributed by atoms with Gasteiger partial charge < -0.3 is 14.6 Å². The molecule has 0 spiro atoms. The van der Waals surface area contributed by atoms with Crippen molar-refractivity contribution in [2.45, 2.75) is 71.4 Å². The Morgan fingerprint density at radius 3 is 2.62 bits per heavy atom. The molecule has 0 saturated carbocycles. The van der Waals surface area contributed by atoms with Gasteiger partial charge in [0.1, 0.15) is 11.7 Å². The lowest BCUT2D eigenvalue weighted by Gasteiger charge is -2.24. The molecule has 0 aromatic rings. The summed E-state index contributed by atoms with van der Waals surface area (Å²) in [6.07, 6.45) is 14.5. The van der Waals surface area contributed by atoms with Gasteiger partial charge in [0.15, 0.2) is 12.2 Å². The van der Waals surface area contributed by atoms with Crippen LogP contribution in [0.15, 0.2) is 48.1 Å². The number of hydrogen-bond donors (Lipinski definition) is 1. The Hall–Kier alpha value is -1.65. The predicted molar refractivity (Wildman–Crippen MR) is 104 cm³/mol. The molecular formula is C22H32O4. The molecule has 0 aromatic carbocycles. The third-order valence-electron chi connectivity index (χ3n) is 5.17. The summed E-state index contributed by atoms with van der Waals surface area (Å²) >= 11 is 0. The lowest BCUT2D eigenvalue weighted by molar-refractivity contribution is -0.162. The number of epoxide rings is 1. The van der Waals surface area contributed by atoms with Crippen molar-refractivity contribution >= 4 is 5.97 Å². The molecule has 2 fully saturated rings. The van der Waals surface area contributed by atoms with Crippen molar-refractivity contribution in [3.05, 3.63) is 48.1 Å². The van der Waals surface area contributed by atoms with Gasteiger partial charge in [0.05, 0.1) is 0 Å². The molecule has 0 aliphatic carbocycles. The van der Waals surface area contributed by atoms with Gasteiger partial charge in [-0.05, 0) is 38.2 Å². The number of carbonyl (C=O) groups excluding carboxylic acids is 1. The van der Waals surface area contributed by atoms with Gasteiger partial charge in [0, 0.05) is 0 Å². The first kappa shape index (κ1) is 20.7. The number of esters is 1. The summed E-state index contributed by atoms with van der Waals surface area (Å²) in [6, 6.07) is 0. The molecule has 144 valence electrons. The minimum atomic E-state index is -1.16. The summed E-state index contributed by atoms with van der Waals surface area (Å²) in [5.41, 5.74) is 0.757. The molecule has 1 N–H and O–H groups in total. The highest BCUT2D eigenvalue weighted by Crippen LogP contribution is 2.46. The molecule has 0 aromatic heterocycles. The fourth-order valence-corrected chi connectivity index (χ4v) is 3.12. The van der Waals surface area contributed by atoms with Crippen LogP contribution in [0.3, 0.4) is 0 Å². The minimum Gasteiger partial charge on any atom is -0.453 e. The second kappa shape index (κ2) is 8.83. The molecule has 0 radical (unpaired) electrons. The Labute approximate surface area is 157 Å². The topological polar surface area (TPSA) is 59.1 Å². The van der Waals surface area contributed by atoms with Crippen molar-refractivity contribution < 1.29 is 19.4 Å². The van der Waals surface area contributed by atoms with E-state index in [-0.39, 0.29) is 0 Å². The summed E-state index contributed by atoms with van der Waals surface area (Å²) in [7, 11) is 0. The molecule has 2 heterocycles. The number of carbonyl (C=O) groups is 1. The van der Waals surface area contributed by atoms with E-state index in [0.717, 1.165) is 12.8 Å². The second-order valence-corrected chi connectivity index (χ2v) is 7.76. The van der Waals surface area contributed by atoms with Crippen molar-refractivity contribution in [1.29, 1.82) is 0 Å². The monoisotopic (exact) mass is 360 g/mol. The molecule has 2 rings (SSSR count). The number of aliphatic hydroxyl groups excluding tert-OH is 1. The zero-order chi connectivity index (χ0) is 19.3. The van der Waals surface area contributed by atoms with Crippen molar-refractivity contribution in [3.63, 3.8) is 0 Å². The lowest BCUT2D eigenvalue weighted by atomic mass is 9.94. The molecule has 4 nitrogen and oxygen atoms in total. The van der Waals surface area contributed by atoms with E-state index in [9.17, 15) is 9.90 Å². The first-order valence-electron chi connectivity index (χ1n) is 9.53. The van der Waals surface area contributed by atoms with Crippen LogP contribution < -0.4 is 0 Å². The summed E-state index contributed by atoms with van der Waals surface area (Å²) in [4.78, 5) is 11.6. The zero-order valence-electron chi connectivity index (χ0n) is 16.5. The highest BCUT2D eigenvalue weighted by atomic mass is 16.7. The van der Waals surface area contributed by atoms with Gasteiger partial charge in [-0.15, -0.1) is 0 Å². The molecule has 0 bridgehead atoms. The average Bonchev–Trinajstić information content (AvgIpc) is 3.29. The average molecular weight is 360 g/mol. The molecule has 2 saturated heterocycles. The number of cyclic esters (lactones) is 1. The van der Waals surface area contributed by atoms with Crippen LogP contribution >= 0.6 is 0 Å². The molecule has 0 amide bonds. The number of fused-ring (bicyclic) bond motifs is 1. The Bertz CT molecular complexity index is 616. The summed E-state index contributed by atoms with van der Waals surface area (Å²) in [5, 5.41) is 9.66. The first-order valence-corrected chi connectivity index (χ1v) is 9.53. The van der Waals surface area contributed by atoms with Gasteiger partial charge >= 0.3 is 5.97 Å². The maximum Gasteiger partial charge on any atom is 0.338 e. The van der Waals surface area contributed by atoms with Crippen LogP contribution in [-0.4, -0.2) is 35.0 Å². The summed E-state index contributed by atoms with van der Waals surface area (Å²) in [6.45, 7) is 10.6. The Morgan fingerprint density at radius 2 is 1.92 bits per heavy atom. The minimum absolute atomic E-state index is 0.420. The van der Waals surface area contributed by atoms with Gasteiger partial charge in [-0.3, -0.25) is 0 Å². The predicted octanol–water partition coefficient (Wildman–Crippen LogP) is 4.12. The number of hydrogen-bond acceptors (Lipinski definition) is 4. The van der Waals surface area contributed by atoms with E-state index < -0.39 is 29.9 Å². The maximum atomic E-state index is 11.6. The molecule has 26 heavy (non-hydrogen) atoms. The van der Waals surface area contributed by atoms with E-state index in [1.165, 1.54) is 5.57 Å². The standard InChI is InChI=1S/C22H32O4/c1-6-15(2)11-9-12-17(4)14-16(3)10-7-8-13-18-22(5)20(26-22)19(23)21(24)25-18/h7-13,15-16,18-20,23H,6,14H2,1-5H3. The van der Waals surface area contributed by atoms with Gasteiger partial charge in [-0.25, -0.2) is 4.79 Å². The van der Waals surface area contributed by atoms with Crippen LogP contribution in [0.25, 0.3) is 0 Å². The fraction of sp³-hybridized carbons (Fsp3) is 0.591. The van der Waals surface area contributed by atoms with Gasteiger partial charge in [-0.1, -0.05) is 69.2 Å². The Kier molecular flexibility index (Phi) is 7.01. The van der Waals surface area contributed by atoms with Crippen molar-refractivity contribution in [2.75, 3.05) is 0 Å². The van der Waals surface area contributed by atoms with E-state index in [1.807, 2.05) is 25.2 Å². The van der Waals surface area contributed by atoms with Gasteiger partial charge in [0.25, 0.3) is 0 Å². The fourth-order valence-electron chi connectivity index (χ4n) is 3.12. The van der Waals surface area contributed by atoms with E-state index in [4.69, 9.17) is 9.47 Å². The second-order valence-electron chi connectivity index (χ2n) is 7.76. The summed E-state index contributed by atoms with van der Waals surface area (Å²) in [5.74, 6) is 0.431. The van der Waals surface area contributed by atoms with Crippen molar-refractivity contribution in [2.24, 2.45) is 11.8 Å². The SMILES string of the molecule is CCC(C)C=CC=C(C)CC(C)C=CC=CC1OC(=O)C(O)C2OC12C.